The summed E-state index contributed by atoms with van der Waals surface area (Å²) in [5.41, 5.74) is 8.44. The molecule has 2 rings (SSSR count). The number of benzene rings is 1. The smallest absolute Gasteiger partial charge is 0.265 e. The van der Waals surface area contributed by atoms with Crippen molar-refractivity contribution in [2.45, 2.75) is 33.1 Å². The van der Waals surface area contributed by atoms with E-state index in [9.17, 15) is 9.59 Å². The number of aromatic amines is 1. The van der Waals surface area contributed by atoms with Crippen molar-refractivity contribution >= 4 is 34.2 Å². The number of aryl methyl sites for hydroxylation is 2. The Labute approximate surface area is 122 Å². The highest BCUT2D eigenvalue weighted by atomic mass is 35.5. The van der Waals surface area contributed by atoms with Gasteiger partial charge in [0, 0.05) is 22.3 Å². The largest absolute Gasteiger partial charge is 0.364 e. The van der Waals surface area contributed by atoms with Gasteiger partial charge in [-0.05, 0) is 49.9 Å². The number of aromatic nitrogens is 1. The molecular formula is C15H17ClN2O2. The zero-order valence-corrected chi connectivity index (χ0v) is 12.3. The van der Waals surface area contributed by atoms with Gasteiger partial charge in [0.05, 0.1) is 0 Å². The summed E-state index contributed by atoms with van der Waals surface area (Å²) < 4.78 is 0. The Bertz CT molecular complexity index is 689. The van der Waals surface area contributed by atoms with Gasteiger partial charge < -0.3 is 15.5 Å². The number of halogens is 1. The third-order valence-electron chi connectivity index (χ3n) is 3.39. The van der Waals surface area contributed by atoms with Crippen molar-refractivity contribution < 1.29 is 9.59 Å². The lowest BCUT2D eigenvalue weighted by atomic mass is 10.0. The maximum absolute atomic E-state index is 11.5. The van der Waals surface area contributed by atoms with E-state index in [4.69, 9.17) is 17.3 Å². The van der Waals surface area contributed by atoms with Crippen molar-refractivity contribution in [2.75, 3.05) is 0 Å². The number of carbonyl (C=O) groups is 2. The Morgan fingerprint density at radius 2 is 2.05 bits per heavy atom. The lowest BCUT2D eigenvalue weighted by Gasteiger charge is -2.03. The minimum Gasteiger partial charge on any atom is -0.364 e. The molecule has 0 bridgehead atoms. The molecule has 0 aliphatic rings. The van der Waals surface area contributed by atoms with Crippen molar-refractivity contribution in [1.29, 1.82) is 0 Å². The molecule has 3 N–H and O–H groups in total. The molecule has 0 radical (unpaired) electrons. The first kappa shape index (κ1) is 14.6. The predicted octanol–water partition coefficient (Wildman–Crippen LogP) is 3.14. The Balaban J connectivity index is 2.47. The first-order valence-corrected chi connectivity index (χ1v) is 6.88. The van der Waals surface area contributed by atoms with Crippen LogP contribution in [0.1, 0.15) is 41.4 Å². The summed E-state index contributed by atoms with van der Waals surface area (Å²) in [6, 6.07) is 3.75. The zero-order chi connectivity index (χ0) is 14.9. The van der Waals surface area contributed by atoms with Crippen LogP contribution in [-0.2, 0) is 11.2 Å². The van der Waals surface area contributed by atoms with Gasteiger partial charge in [-0.3, -0.25) is 4.79 Å². The van der Waals surface area contributed by atoms with Crippen LogP contribution in [0.2, 0.25) is 5.02 Å². The molecule has 0 atom stereocenters. The van der Waals surface area contributed by atoms with Gasteiger partial charge in [-0.15, -0.1) is 0 Å². The highest BCUT2D eigenvalue weighted by Gasteiger charge is 2.16. The molecule has 0 unspecified atom stereocenters. The number of Topliss-reactive ketones (excluding diaryl/α,β-unsaturated/α-hetero) is 1. The van der Waals surface area contributed by atoms with Gasteiger partial charge in [0.15, 0.2) is 0 Å². The van der Waals surface area contributed by atoms with Crippen LogP contribution < -0.4 is 5.73 Å². The van der Waals surface area contributed by atoms with Crippen molar-refractivity contribution in [1.82, 2.24) is 4.98 Å². The number of primary amides is 1. The van der Waals surface area contributed by atoms with Gasteiger partial charge in [-0.2, -0.15) is 0 Å². The molecule has 1 aromatic carbocycles. The number of nitrogens with two attached hydrogens (primary N) is 1. The van der Waals surface area contributed by atoms with Gasteiger partial charge in [-0.1, -0.05) is 11.6 Å². The van der Waals surface area contributed by atoms with Crippen LogP contribution in [0, 0.1) is 6.92 Å². The summed E-state index contributed by atoms with van der Waals surface area (Å²) in [5, 5.41) is 1.59. The maximum Gasteiger partial charge on any atom is 0.265 e. The van der Waals surface area contributed by atoms with E-state index in [0.29, 0.717) is 30.0 Å². The molecule has 0 spiro atoms. The Kier molecular flexibility index (Phi) is 4.14. The van der Waals surface area contributed by atoms with Crippen molar-refractivity contribution in [2.24, 2.45) is 5.73 Å². The van der Waals surface area contributed by atoms with E-state index in [1.54, 1.807) is 13.0 Å². The molecule has 1 aromatic heterocycles. The second-order valence-electron chi connectivity index (χ2n) is 5.05. The number of ketones is 1. The summed E-state index contributed by atoms with van der Waals surface area (Å²) in [6.45, 7) is 3.48. The molecule has 0 fully saturated rings. The molecule has 0 aliphatic carbocycles. The van der Waals surface area contributed by atoms with Crippen molar-refractivity contribution in [3.63, 3.8) is 0 Å². The molecule has 4 nitrogen and oxygen atoms in total. The van der Waals surface area contributed by atoms with E-state index in [1.165, 1.54) is 0 Å². The fraction of sp³-hybridized carbons (Fsp3) is 0.333. The maximum atomic E-state index is 11.5. The fourth-order valence-corrected chi connectivity index (χ4v) is 2.53. The van der Waals surface area contributed by atoms with E-state index in [0.717, 1.165) is 22.0 Å². The zero-order valence-electron chi connectivity index (χ0n) is 11.5. The number of carbonyl (C=O) groups excluding carboxylic acids is 2. The van der Waals surface area contributed by atoms with E-state index in [2.05, 4.69) is 4.98 Å². The summed E-state index contributed by atoms with van der Waals surface area (Å²) in [7, 11) is 0. The van der Waals surface area contributed by atoms with Crippen LogP contribution in [0.5, 0.6) is 0 Å². The number of amides is 1. The molecule has 1 amide bonds. The highest BCUT2D eigenvalue weighted by Crippen LogP contribution is 2.29. The Morgan fingerprint density at radius 3 is 2.65 bits per heavy atom. The van der Waals surface area contributed by atoms with Gasteiger partial charge in [0.1, 0.15) is 11.5 Å². The topological polar surface area (TPSA) is 76.0 Å². The molecular weight excluding hydrogens is 276 g/mol. The Morgan fingerprint density at radius 1 is 1.35 bits per heavy atom. The van der Waals surface area contributed by atoms with Crippen LogP contribution in [0.25, 0.3) is 10.9 Å². The van der Waals surface area contributed by atoms with Gasteiger partial charge in [0.25, 0.3) is 5.91 Å². The van der Waals surface area contributed by atoms with E-state index in [-0.39, 0.29) is 5.78 Å². The molecule has 2 aromatic rings. The van der Waals surface area contributed by atoms with Gasteiger partial charge in [0.2, 0.25) is 0 Å². The van der Waals surface area contributed by atoms with Crippen LogP contribution in [-0.4, -0.2) is 16.7 Å². The van der Waals surface area contributed by atoms with E-state index >= 15 is 0 Å². The number of hydrogen-bond donors (Lipinski definition) is 2. The summed E-state index contributed by atoms with van der Waals surface area (Å²) in [5.74, 6) is -0.350. The lowest BCUT2D eigenvalue weighted by molar-refractivity contribution is -0.117. The number of rotatable bonds is 5. The molecule has 0 aliphatic heterocycles. The molecule has 0 saturated carbocycles. The summed E-state index contributed by atoms with van der Waals surface area (Å²) in [6.07, 6.45) is 1.83. The third-order valence-corrected chi connectivity index (χ3v) is 3.79. The van der Waals surface area contributed by atoms with Gasteiger partial charge in [-0.25, -0.2) is 0 Å². The van der Waals surface area contributed by atoms with Crippen molar-refractivity contribution in [3.05, 3.63) is 34.0 Å². The number of nitrogens with one attached hydrogen (secondary N) is 1. The normalized spacial score (nSPS) is 10.9. The first-order valence-electron chi connectivity index (χ1n) is 6.50. The molecule has 20 heavy (non-hydrogen) atoms. The minimum absolute atomic E-state index is 0.143. The first-order chi connectivity index (χ1) is 9.40. The average molecular weight is 293 g/mol. The molecule has 1 heterocycles. The van der Waals surface area contributed by atoms with Crippen molar-refractivity contribution in [3.8, 4) is 0 Å². The SMILES string of the molecule is CC(=O)CCCc1c(C(N)=O)[nH]c2cc(Cl)c(C)cc12. The average Bonchev–Trinajstić information content (AvgIpc) is 2.68. The van der Waals surface area contributed by atoms with Crippen LogP contribution in [0.3, 0.4) is 0 Å². The second kappa shape index (κ2) is 5.67. The van der Waals surface area contributed by atoms with E-state index in [1.807, 2.05) is 13.0 Å². The van der Waals surface area contributed by atoms with Gasteiger partial charge >= 0.3 is 0 Å². The summed E-state index contributed by atoms with van der Waals surface area (Å²) in [4.78, 5) is 25.6. The summed E-state index contributed by atoms with van der Waals surface area (Å²) >= 11 is 6.09. The number of H-pyrrole nitrogens is 1. The highest BCUT2D eigenvalue weighted by molar-refractivity contribution is 6.32. The van der Waals surface area contributed by atoms with Crippen LogP contribution >= 0.6 is 11.6 Å². The molecule has 0 saturated heterocycles. The number of hydrogen-bond acceptors (Lipinski definition) is 2. The lowest BCUT2D eigenvalue weighted by Crippen LogP contribution is -2.13. The second-order valence-corrected chi connectivity index (χ2v) is 5.45. The fourth-order valence-electron chi connectivity index (χ4n) is 2.36. The van der Waals surface area contributed by atoms with E-state index < -0.39 is 5.91 Å². The Hall–Kier alpha value is -1.81. The minimum atomic E-state index is -0.493. The molecule has 5 heteroatoms. The number of fused-ring (bicyclic) bond motifs is 1. The molecule has 106 valence electrons. The monoisotopic (exact) mass is 292 g/mol. The standard InChI is InChI=1S/C15H17ClN2O2/c1-8-6-11-10(5-3-4-9(2)19)14(15(17)20)18-13(11)7-12(8)16/h6-7,18H,3-5H2,1-2H3,(H2,17,20). The third kappa shape index (κ3) is 2.85. The van der Waals surface area contributed by atoms with Crippen LogP contribution in [0.15, 0.2) is 12.1 Å². The quantitative estimate of drug-likeness (QED) is 0.888. The predicted molar refractivity (Wildman–Crippen MR) is 80.2 cm³/mol. The van der Waals surface area contributed by atoms with Crippen LogP contribution in [0.4, 0.5) is 0 Å².